The molecule has 0 aliphatic carbocycles. The van der Waals surface area contributed by atoms with Crippen molar-refractivity contribution >= 4 is 56.4 Å². The Morgan fingerprint density at radius 1 is 1.04 bits per heavy atom. The van der Waals surface area contributed by atoms with Gasteiger partial charge >= 0.3 is 0 Å². The molecule has 2 aromatic heterocycles. The first-order valence-electron chi connectivity index (χ1n) is 7.36. The van der Waals surface area contributed by atoms with Gasteiger partial charge in [0.05, 0.1) is 26.6 Å². The summed E-state index contributed by atoms with van der Waals surface area (Å²) < 4.78 is 13.7. The molecule has 0 fully saturated rings. The van der Waals surface area contributed by atoms with E-state index >= 15 is 0 Å². The molecule has 4 aromatic rings. The van der Waals surface area contributed by atoms with Crippen LogP contribution in [-0.4, -0.2) is 9.97 Å². The van der Waals surface area contributed by atoms with E-state index in [1.54, 1.807) is 24.3 Å². The highest BCUT2D eigenvalue weighted by Gasteiger charge is 2.14. The average Bonchev–Trinajstić information content (AvgIpc) is 2.58. The van der Waals surface area contributed by atoms with Crippen LogP contribution in [0.2, 0.25) is 10.0 Å². The van der Waals surface area contributed by atoms with E-state index in [9.17, 15) is 9.18 Å². The van der Waals surface area contributed by atoms with Gasteiger partial charge < -0.3 is 10.3 Å². The Morgan fingerprint density at radius 2 is 1.80 bits per heavy atom. The van der Waals surface area contributed by atoms with E-state index in [4.69, 9.17) is 23.2 Å². The van der Waals surface area contributed by atoms with Crippen LogP contribution in [0, 0.1) is 5.82 Å². The van der Waals surface area contributed by atoms with E-state index in [1.807, 2.05) is 0 Å². The van der Waals surface area contributed by atoms with Crippen LogP contribution >= 0.6 is 23.2 Å². The molecule has 0 aliphatic heterocycles. The van der Waals surface area contributed by atoms with Gasteiger partial charge in [-0.25, -0.2) is 9.37 Å². The summed E-state index contributed by atoms with van der Waals surface area (Å²) in [5.74, 6) is -0.0241. The smallest absolute Gasteiger partial charge is 0.256 e. The maximum Gasteiger partial charge on any atom is 0.256 e. The molecule has 0 spiro atoms. The molecule has 25 heavy (non-hydrogen) atoms. The molecule has 0 saturated heterocycles. The van der Waals surface area contributed by atoms with Crippen LogP contribution < -0.4 is 10.9 Å². The van der Waals surface area contributed by atoms with E-state index in [1.165, 1.54) is 24.4 Å². The molecule has 0 radical (unpaired) electrons. The summed E-state index contributed by atoms with van der Waals surface area (Å²) in [7, 11) is 0. The standard InChI is InChI=1S/C18H10Cl2FN3O/c19-12-2-1-3-13(20)16(12)24-17-10-6-7-22-18(25)15(10)11-8-9(21)4-5-14(11)23-17/h1-8H,(H,22,25)(H,23,24). The molecule has 2 heterocycles. The van der Waals surface area contributed by atoms with Gasteiger partial charge in [-0.15, -0.1) is 0 Å². The number of benzene rings is 2. The fraction of sp³-hybridized carbons (Fsp3) is 0. The van der Waals surface area contributed by atoms with Crippen molar-refractivity contribution in [3.8, 4) is 0 Å². The number of para-hydroxylation sites is 1. The van der Waals surface area contributed by atoms with Gasteiger partial charge in [-0.2, -0.15) is 0 Å². The Bertz CT molecular complexity index is 1170. The van der Waals surface area contributed by atoms with E-state index in [-0.39, 0.29) is 5.56 Å². The van der Waals surface area contributed by atoms with E-state index in [0.717, 1.165) is 0 Å². The van der Waals surface area contributed by atoms with Crippen LogP contribution in [0.1, 0.15) is 0 Å². The maximum absolute atomic E-state index is 13.7. The molecule has 0 bridgehead atoms. The second-order valence-corrected chi connectivity index (χ2v) is 6.25. The van der Waals surface area contributed by atoms with Crippen molar-refractivity contribution in [1.29, 1.82) is 0 Å². The number of pyridine rings is 2. The minimum absolute atomic E-state index is 0.330. The number of hydrogen-bond acceptors (Lipinski definition) is 3. The van der Waals surface area contributed by atoms with Crippen LogP contribution in [0.3, 0.4) is 0 Å². The number of anilines is 2. The lowest BCUT2D eigenvalue weighted by molar-refractivity contribution is 0.629. The first kappa shape index (κ1) is 15.9. The Labute approximate surface area is 151 Å². The summed E-state index contributed by atoms with van der Waals surface area (Å²) >= 11 is 12.4. The molecule has 4 nitrogen and oxygen atoms in total. The first-order valence-corrected chi connectivity index (χ1v) is 8.12. The largest absolute Gasteiger partial charge is 0.337 e. The van der Waals surface area contributed by atoms with Crippen molar-refractivity contribution < 1.29 is 4.39 Å². The zero-order chi connectivity index (χ0) is 17.6. The molecular weight excluding hydrogens is 364 g/mol. The number of aromatic amines is 1. The Hall–Kier alpha value is -2.63. The van der Waals surface area contributed by atoms with Gasteiger partial charge in [0.15, 0.2) is 0 Å². The summed E-state index contributed by atoms with van der Waals surface area (Å²) in [6.45, 7) is 0. The number of nitrogens with zero attached hydrogens (tertiary/aromatic N) is 1. The van der Waals surface area contributed by atoms with Crippen LogP contribution in [0.25, 0.3) is 21.7 Å². The molecule has 0 atom stereocenters. The van der Waals surface area contributed by atoms with Crippen LogP contribution in [0.4, 0.5) is 15.9 Å². The van der Waals surface area contributed by atoms with Crippen molar-refractivity contribution in [3.63, 3.8) is 0 Å². The fourth-order valence-corrected chi connectivity index (χ4v) is 3.25. The normalized spacial score (nSPS) is 11.2. The summed E-state index contributed by atoms with van der Waals surface area (Å²) in [5, 5.41) is 5.26. The van der Waals surface area contributed by atoms with Crippen molar-refractivity contribution in [3.05, 3.63) is 74.9 Å². The van der Waals surface area contributed by atoms with Crippen LogP contribution in [-0.2, 0) is 0 Å². The molecule has 124 valence electrons. The fourth-order valence-electron chi connectivity index (χ4n) is 2.76. The summed E-state index contributed by atoms with van der Waals surface area (Å²) in [6, 6.07) is 10.9. The average molecular weight is 374 g/mol. The minimum atomic E-state index is -0.436. The highest BCUT2D eigenvalue weighted by atomic mass is 35.5. The number of fused-ring (bicyclic) bond motifs is 3. The third-order valence-corrected chi connectivity index (χ3v) is 4.51. The molecule has 0 aliphatic rings. The number of hydrogen-bond donors (Lipinski definition) is 2. The van der Waals surface area contributed by atoms with Gasteiger partial charge in [-0.3, -0.25) is 4.79 Å². The second-order valence-electron chi connectivity index (χ2n) is 5.44. The van der Waals surface area contributed by atoms with Crippen molar-refractivity contribution in [2.24, 2.45) is 0 Å². The van der Waals surface area contributed by atoms with Crippen LogP contribution in [0.15, 0.2) is 53.5 Å². The maximum atomic E-state index is 13.7. The number of rotatable bonds is 2. The number of nitrogens with one attached hydrogen (secondary N) is 2. The molecule has 2 N–H and O–H groups in total. The van der Waals surface area contributed by atoms with Gasteiger partial charge in [0.2, 0.25) is 0 Å². The Balaban J connectivity index is 2.05. The monoisotopic (exact) mass is 373 g/mol. The lowest BCUT2D eigenvalue weighted by Gasteiger charge is -2.13. The van der Waals surface area contributed by atoms with Crippen molar-refractivity contribution in [1.82, 2.24) is 9.97 Å². The zero-order valence-corrected chi connectivity index (χ0v) is 14.1. The molecular formula is C18H10Cl2FN3O. The minimum Gasteiger partial charge on any atom is -0.337 e. The molecule has 4 rings (SSSR count). The first-order chi connectivity index (χ1) is 12.0. The molecule has 0 saturated carbocycles. The molecule has 0 unspecified atom stereocenters. The third-order valence-electron chi connectivity index (χ3n) is 3.88. The summed E-state index contributed by atoms with van der Waals surface area (Å²) in [5.41, 5.74) is 0.640. The predicted octanol–water partition coefficient (Wildman–Crippen LogP) is 5.27. The predicted molar refractivity (Wildman–Crippen MR) is 99.6 cm³/mol. The van der Waals surface area contributed by atoms with Gasteiger partial charge in [-0.1, -0.05) is 29.3 Å². The lowest BCUT2D eigenvalue weighted by Crippen LogP contribution is -2.08. The zero-order valence-electron chi connectivity index (χ0n) is 12.6. The summed E-state index contributed by atoms with van der Waals surface area (Å²) in [6.07, 6.45) is 1.51. The molecule has 7 heteroatoms. The number of aromatic nitrogens is 2. The number of halogens is 3. The van der Waals surface area contributed by atoms with Gasteiger partial charge in [0.1, 0.15) is 11.6 Å². The van der Waals surface area contributed by atoms with Gasteiger partial charge in [0, 0.05) is 17.0 Å². The van der Waals surface area contributed by atoms with E-state index in [2.05, 4.69) is 15.3 Å². The molecule has 2 aromatic carbocycles. The Kier molecular flexibility index (Phi) is 3.82. The number of H-pyrrole nitrogens is 1. The highest BCUT2D eigenvalue weighted by molar-refractivity contribution is 6.39. The van der Waals surface area contributed by atoms with Crippen molar-refractivity contribution in [2.75, 3.05) is 5.32 Å². The van der Waals surface area contributed by atoms with Gasteiger partial charge in [0.25, 0.3) is 5.56 Å². The van der Waals surface area contributed by atoms with Gasteiger partial charge in [-0.05, 0) is 36.4 Å². The molecule has 0 amide bonds. The van der Waals surface area contributed by atoms with Crippen LogP contribution in [0.5, 0.6) is 0 Å². The van der Waals surface area contributed by atoms with E-state index < -0.39 is 5.82 Å². The summed E-state index contributed by atoms with van der Waals surface area (Å²) in [4.78, 5) is 19.5. The highest BCUT2D eigenvalue weighted by Crippen LogP contribution is 2.35. The van der Waals surface area contributed by atoms with Crippen molar-refractivity contribution in [2.45, 2.75) is 0 Å². The van der Waals surface area contributed by atoms with E-state index in [0.29, 0.717) is 43.2 Å². The Morgan fingerprint density at radius 3 is 2.56 bits per heavy atom. The topological polar surface area (TPSA) is 57.8 Å². The third kappa shape index (κ3) is 2.71. The second kappa shape index (κ2) is 6.02. The quantitative estimate of drug-likeness (QED) is 0.470. The lowest BCUT2D eigenvalue weighted by atomic mass is 10.1. The SMILES string of the molecule is O=c1[nH]ccc2c(Nc3c(Cl)cccc3Cl)nc3ccc(F)cc3c12.